The second-order valence-electron chi connectivity index (χ2n) is 4.32. The standard InChI is InChI=1S/C14H11Cl2N3O3/c15-11-4-2-1-3-9(11)8-17-14(20)18-10-5-6-12(16)13(7-10)19(21)22/h1-7H,8H2,(H2,17,18,20). The number of carbonyl (C=O) groups is 1. The molecule has 0 atom stereocenters. The first kappa shape index (κ1) is 16.1. The van der Waals surface area contributed by atoms with E-state index in [-0.39, 0.29) is 22.9 Å². The summed E-state index contributed by atoms with van der Waals surface area (Å²) in [5.41, 5.74) is 0.764. The lowest BCUT2D eigenvalue weighted by Gasteiger charge is -2.09. The maximum Gasteiger partial charge on any atom is 0.319 e. The van der Waals surface area contributed by atoms with Crippen molar-refractivity contribution < 1.29 is 9.72 Å². The number of nitro benzene ring substituents is 1. The van der Waals surface area contributed by atoms with Crippen molar-refractivity contribution in [3.63, 3.8) is 0 Å². The zero-order valence-corrected chi connectivity index (χ0v) is 12.7. The number of nitro groups is 1. The third-order valence-corrected chi connectivity index (χ3v) is 3.49. The maximum atomic E-state index is 11.8. The summed E-state index contributed by atoms with van der Waals surface area (Å²) in [5, 5.41) is 16.5. The van der Waals surface area contributed by atoms with Gasteiger partial charge in [-0.1, -0.05) is 41.4 Å². The van der Waals surface area contributed by atoms with Gasteiger partial charge < -0.3 is 10.6 Å². The Hall–Kier alpha value is -2.31. The van der Waals surface area contributed by atoms with E-state index >= 15 is 0 Å². The van der Waals surface area contributed by atoms with Crippen molar-refractivity contribution in [2.24, 2.45) is 0 Å². The highest BCUT2D eigenvalue weighted by molar-refractivity contribution is 6.32. The largest absolute Gasteiger partial charge is 0.334 e. The molecule has 0 aromatic heterocycles. The van der Waals surface area contributed by atoms with E-state index in [0.29, 0.717) is 5.02 Å². The number of amides is 2. The van der Waals surface area contributed by atoms with Gasteiger partial charge in [-0.15, -0.1) is 0 Å². The number of carbonyl (C=O) groups excluding carboxylic acids is 1. The minimum atomic E-state index is -0.616. The molecule has 2 aromatic carbocycles. The molecule has 2 aromatic rings. The van der Waals surface area contributed by atoms with E-state index in [9.17, 15) is 14.9 Å². The number of nitrogens with one attached hydrogen (secondary N) is 2. The van der Waals surface area contributed by atoms with Gasteiger partial charge in [0, 0.05) is 23.3 Å². The van der Waals surface area contributed by atoms with Crippen LogP contribution < -0.4 is 10.6 Å². The zero-order valence-electron chi connectivity index (χ0n) is 11.2. The Bertz CT molecular complexity index is 722. The smallest absolute Gasteiger partial charge is 0.319 e. The molecule has 114 valence electrons. The lowest BCUT2D eigenvalue weighted by molar-refractivity contribution is -0.384. The van der Waals surface area contributed by atoms with E-state index in [2.05, 4.69) is 10.6 Å². The predicted octanol–water partition coefficient (Wildman–Crippen LogP) is 4.22. The Balaban J connectivity index is 1.99. The molecule has 0 heterocycles. The Kier molecular flexibility index (Phi) is 5.19. The fourth-order valence-electron chi connectivity index (χ4n) is 1.72. The van der Waals surface area contributed by atoms with Crippen molar-refractivity contribution >= 4 is 40.6 Å². The second kappa shape index (κ2) is 7.11. The van der Waals surface area contributed by atoms with Gasteiger partial charge in [0.1, 0.15) is 5.02 Å². The molecule has 6 nitrogen and oxygen atoms in total. The highest BCUT2D eigenvalue weighted by Gasteiger charge is 2.13. The topological polar surface area (TPSA) is 84.3 Å². The molecule has 0 fully saturated rings. The highest BCUT2D eigenvalue weighted by Crippen LogP contribution is 2.27. The number of hydrogen-bond donors (Lipinski definition) is 2. The quantitative estimate of drug-likeness (QED) is 0.645. The summed E-state index contributed by atoms with van der Waals surface area (Å²) in [6.07, 6.45) is 0. The molecule has 0 saturated heterocycles. The van der Waals surface area contributed by atoms with Gasteiger partial charge in [0.2, 0.25) is 0 Å². The van der Waals surface area contributed by atoms with Crippen LogP contribution in [0.5, 0.6) is 0 Å². The summed E-state index contributed by atoms with van der Waals surface area (Å²) in [7, 11) is 0. The van der Waals surface area contributed by atoms with Gasteiger partial charge in [0.25, 0.3) is 5.69 Å². The third kappa shape index (κ3) is 4.09. The monoisotopic (exact) mass is 339 g/mol. The van der Waals surface area contributed by atoms with E-state index in [1.54, 1.807) is 18.2 Å². The first-order chi connectivity index (χ1) is 10.5. The first-order valence-electron chi connectivity index (χ1n) is 6.19. The molecule has 2 N–H and O–H groups in total. The molecule has 0 aliphatic carbocycles. The van der Waals surface area contributed by atoms with Crippen molar-refractivity contribution in [3.05, 3.63) is 68.2 Å². The van der Waals surface area contributed by atoms with Gasteiger partial charge in [0.05, 0.1) is 4.92 Å². The molecule has 2 amide bonds. The number of rotatable bonds is 4. The Labute approximate surface area is 136 Å². The Morgan fingerprint density at radius 2 is 1.86 bits per heavy atom. The Morgan fingerprint density at radius 3 is 2.55 bits per heavy atom. The van der Waals surface area contributed by atoms with Crippen LogP contribution in [0.2, 0.25) is 10.0 Å². The van der Waals surface area contributed by atoms with Crippen LogP contribution in [0.1, 0.15) is 5.56 Å². The minimum absolute atomic E-state index is 0.00651. The van der Waals surface area contributed by atoms with Crippen LogP contribution in [0.15, 0.2) is 42.5 Å². The predicted molar refractivity (Wildman–Crippen MR) is 85.4 cm³/mol. The van der Waals surface area contributed by atoms with E-state index in [1.165, 1.54) is 18.2 Å². The van der Waals surface area contributed by atoms with E-state index in [4.69, 9.17) is 23.2 Å². The van der Waals surface area contributed by atoms with Crippen LogP contribution in [0, 0.1) is 10.1 Å². The number of urea groups is 1. The van der Waals surface area contributed by atoms with Crippen LogP contribution >= 0.6 is 23.2 Å². The number of anilines is 1. The summed E-state index contributed by atoms with van der Waals surface area (Å²) < 4.78 is 0. The second-order valence-corrected chi connectivity index (χ2v) is 5.14. The van der Waals surface area contributed by atoms with Crippen molar-refractivity contribution in [2.75, 3.05) is 5.32 Å². The first-order valence-corrected chi connectivity index (χ1v) is 6.95. The summed E-state index contributed by atoms with van der Waals surface area (Å²) >= 11 is 11.7. The van der Waals surface area contributed by atoms with E-state index in [1.807, 2.05) is 6.07 Å². The van der Waals surface area contributed by atoms with Gasteiger partial charge >= 0.3 is 6.03 Å². The van der Waals surface area contributed by atoms with Gasteiger partial charge in [-0.2, -0.15) is 0 Å². The molecule has 0 radical (unpaired) electrons. The fourth-order valence-corrected chi connectivity index (χ4v) is 2.11. The lowest BCUT2D eigenvalue weighted by atomic mass is 10.2. The molecule has 22 heavy (non-hydrogen) atoms. The van der Waals surface area contributed by atoms with Gasteiger partial charge in [-0.25, -0.2) is 4.79 Å². The van der Waals surface area contributed by atoms with Crippen molar-refractivity contribution in [1.82, 2.24) is 5.32 Å². The molecule has 2 rings (SSSR count). The van der Waals surface area contributed by atoms with Crippen molar-refractivity contribution in [1.29, 1.82) is 0 Å². The maximum absolute atomic E-state index is 11.8. The van der Waals surface area contributed by atoms with Crippen molar-refractivity contribution in [2.45, 2.75) is 6.54 Å². The number of benzene rings is 2. The fraction of sp³-hybridized carbons (Fsp3) is 0.0714. The van der Waals surface area contributed by atoms with E-state index < -0.39 is 11.0 Å². The molecule has 8 heteroatoms. The van der Waals surface area contributed by atoms with Crippen LogP contribution in [0.25, 0.3) is 0 Å². The van der Waals surface area contributed by atoms with Crippen LogP contribution in [-0.2, 0) is 6.54 Å². The molecule has 0 unspecified atom stereocenters. The number of halogens is 2. The number of hydrogen-bond acceptors (Lipinski definition) is 3. The van der Waals surface area contributed by atoms with Crippen molar-refractivity contribution in [3.8, 4) is 0 Å². The summed E-state index contributed by atoms with van der Waals surface area (Å²) in [6.45, 7) is 0.237. The average molecular weight is 340 g/mol. The van der Waals surface area contributed by atoms with Crippen LogP contribution in [0.4, 0.5) is 16.2 Å². The minimum Gasteiger partial charge on any atom is -0.334 e. The molecule has 0 aliphatic heterocycles. The zero-order chi connectivity index (χ0) is 16.1. The SMILES string of the molecule is O=C(NCc1ccccc1Cl)Nc1ccc(Cl)c([N+](=O)[O-])c1. The molecule has 0 spiro atoms. The number of nitrogens with zero attached hydrogens (tertiary/aromatic N) is 1. The van der Waals surface area contributed by atoms with Gasteiger partial charge in [-0.05, 0) is 23.8 Å². The normalized spacial score (nSPS) is 10.1. The van der Waals surface area contributed by atoms with Crippen LogP contribution in [0.3, 0.4) is 0 Å². The molecule has 0 aliphatic rings. The van der Waals surface area contributed by atoms with E-state index in [0.717, 1.165) is 5.56 Å². The molecular weight excluding hydrogens is 329 g/mol. The average Bonchev–Trinajstić information content (AvgIpc) is 2.48. The lowest BCUT2D eigenvalue weighted by Crippen LogP contribution is -2.28. The van der Waals surface area contributed by atoms with Gasteiger partial charge in [-0.3, -0.25) is 10.1 Å². The summed E-state index contributed by atoms with van der Waals surface area (Å²) in [4.78, 5) is 22.0. The molecule has 0 bridgehead atoms. The summed E-state index contributed by atoms with van der Waals surface area (Å²) in [5.74, 6) is 0. The van der Waals surface area contributed by atoms with Gasteiger partial charge in [0.15, 0.2) is 0 Å². The molecule has 0 saturated carbocycles. The summed E-state index contributed by atoms with van der Waals surface area (Å²) in [6, 6.07) is 10.6. The highest BCUT2D eigenvalue weighted by atomic mass is 35.5. The Morgan fingerprint density at radius 1 is 1.14 bits per heavy atom. The third-order valence-electron chi connectivity index (χ3n) is 2.80. The molecular formula is C14H11Cl2N3O3. The van der Waals surface area contributed by atoms with Crippen LogP contribution in [-0.4, -0.2) is 11.0 Å².